The minimum atomic E-state index is 1.15. The van der Waals surface area contributed by atoms with E-state index < -0.39 is 0 Å². The molecule has 0 saturated carbocycles. The van der Waals surface area contributed by atoms with Gasteiger partial charge in [0.25, 0.3) is 0 Å². The fraction of sp³-hybridized carbons (Fsp3) is 0.182. The zero-order valence-corrected chi connectivity index (χ0v) is 14.4. The second-order valence-corrected chi connectivity index (χ2v) is 5.88. The molecule has 0 amide bonds. The molecule has 0 fully saturated rings. The SMILES string of the molecule is Cc1ccc(Nc2ccc(C)c(C)c2)cc1C.c1ccccc1. The number of hydrogen-bond donors (Lipinski definition) is 1. The van der Waals surface area contributed by atoms with Crippen LogP contribution in [-0.2, 0) is 0 Å². The predicted octanol–water partition coefficient (Wildman–Crippen LogP) is 6.35. The van der Waals surface area contributed by atoms with Gasteiger partial charge >= 0.3 is 0 Å². The van der Waals surface area contributed by atoms with Gasteiger partial charge < -0.3 is 5.32 Å². The lowest BCUT2D eigenvalue weighted by Crippen LogP contribution is -1.93. The molecular weight excluding hydrogens is 278 g/mol. The Morgan fingerprint density at radius 2 is 0.826 bits per heavy atom. The fourth-order valence-electron chi connectivity index (χ4n) is 2.19. The van der Waals surface area contributed by atoms with Crippen LogP contribution < -0.4 is 5.32 Å². The van der Waals surface area contributed by atoms with Crippen LogP contribution >= 0.6 is 0 Å². The molecule has 0 aliphatic carbocycles. The molecule has 23 heavy (non-hydrogen) atoms. The van der Waals surface area contributed by atoms with E-state index in [1.807, 2.05) is 36.4 Å². The minimum absolute atomic E-state index is 1.15. The highest BCUT2D eigenvalue weighted by Crippen LogP contribution is 2.21. The third-order valence-corrected chi connectivity index (χ3v) is 3.97. The predicted molar refractivity (Wildman–Crippen MR) is 102 cm³/mol. The van der Waals surface area contributed by atoms with Gasteiger partial charge in [-0.1, -0.05) is 48.5 Å². The van der Waals surface area contributed by atoms with Crippen molar-refractivity contribution < 1.29 is 0 Å². The molecule has 0 atom stereocenters. The van der Waals surface area contributed by atoms with E-state index in [0.29, 0.717) is 0 Å². The maximum Gasteiger partial charge on any atom is 0.0387 e. The van der Waals surface area contributed by atoms with Crippen LogP contribution in [0, 0.1) is 27.7 Å². The lowest BCUT2D eigenvalue weighted by Gasteiger charge is -2.10. The number of anilines is 2. The maximum atomic E-state index is 3.44. The first kappa shape index (κ1) is 16.8. The van der Waals surface area contributed by atoms with Gasteiger partial charge in [-0.05, 0) is 74.2 Å². The number of aryl methyl sites for hydroxylation is 4. The molecule has 0 aliphatic rings. The van der Waals surface area contributed by atoms with Crippen LogP contribution in [0.5, 0.6) is 0 Å². The molecule has 0 aromatic heterocycles. The molecule has 3 rings (SSSR count). The first-order valence-electron chi connectivity index (χ1n) is 7.98. The summed E-state index contributed by atoms with van der Waals surface area (Å²) in [6, 6.07) is 24.9. The second-order valence-electron chi connectivity index (χ2n) is 5.88. The van der Waals surface area contributed by atoms with E-state index in [-0.39, 0.29) is 0 Å². The van der Waals surface area contributed by atoms with E-state index in [4.69, 9.17) is 0 Å². The average molecular weight is 303 g/mol. The van der Waals surface area contributed by atoms with Gasteiger partial charge in [0.1, 0.15) is 0 Å². The zero-order chi connectivity index (χ0) is 16.7. The van der Waals surface area contributed by atoms with Crippen molar-refractivity contribution in [2.75, 3.05) is 5.32 Å². The fourth-order valence-corrected chi connectivity index (χ4v) is 2.19. The molecule has 1 nitrogen and oxygen atoms in total. The van der Waals surface area contributed by atoms with E-state index in [0.717, 1.165) is 11.4 Å². The Hall–Kier alpha value is -2.54. The molecule has 0 bridgehead atoms. The highest BCUT2D eigenvalue weighted by atomic mass is 14.9. The van der Waals surface area contributed by atoms with Gasteiger partial charge in [0.05, 0.1) is 0 Å². The number of hydrogen-bond acceptors (Lipinski definition) is 1. The Kier molecular flexibility index (Phi) is 5.99. The van der Waals surface area contributed by atoms with E-state index in [2.05, 4.69) is 69.4 Å². The molecule has 118 valence electrons. The number of rotatable bonds is 2. The molecule has 3 aromatic rings. The summed E-state index contributed by atoms with van der Waals surface area (Å²) in [7, 11) is 0. The molecular formula is C22H25N. The summed E-state index contributed by atoms with van der Waals surface area (Å²) in [6.45, 7) is 8.55. The summed E-state index contributed by atoms with van der Waals surface area (Å²) in [5.41, 5.74) is 7.59. The van der Waals surface area contributed by atoms with Crippen molar-refractivity contribution in [1.29, 1.82) is 0 Å². The van der Waals surface area contributed by atoms with Gasteiger partial charge in [0.15, 0.2) is 0 Å². The van der Waals surface area contributed by atoms with Crippen LogP contribution in [0.15, 0.2) is 72.8 Å². The minimum Gasteiger partial charge on any atom is -0.356 e. The van der Waals surface area contributed by atoms with Gasteiger partial charge in [-0.25, -0.2) is 0 Å². The van der Waals surface area contributed by atoms with Crippen molar-refractivity contribution in [3.63, 3.8) is 0 Å². The largest absolute Gasteiger partial charge is 0.356 e. The van der Waals surface area contributed by atoms with Gasteiger partial charge in [-0.3, -0.25) is 0 Å². The van der Waals surface area contributed by atoms with E-state index in [9.17, 15) is 0 Å². The van der Waals surface area contributed by atoms with E-state index in [1.165, 1.54) is 22.3 Å². The Bertz CT molecular complexity index is 669. The quantitative estimate of drug-likeness (QED) is 0.581. The highest BCUT2D eigenvalue weighted by Gasteiger charge is 1.99. The van der Waals surface area contributed by atoms with Crippen LogP contribution in [0.2, 0.25) is 0 Å². The third-order valence-electron chi connectivity index (χ3n) is 3.97. The van der Waals surface area contributed by atoms with Crippen LogP contribution in [0.3, 0.4) is 0 Å². The van der Waals surface area contributed by atoms with Gasteiger partial charge in [-0.2, -0.15) is 0 Å². The first-order valence-corrected chi connectivity index (χ1v) is 7.98. The Balaban J connectivity index is 0.000000268. The topological polar surface area (TPSA) is 12.0 Å². The molecule has 0 radical (unpaired) electrons. The molecule has 0 spiro atoms. The highest BCUT2D eigenvalue weighted by molar-refractivity contribution is 5.62. The molecule has 0 aliphatic heterocycles. The van der Waals surface area contributed by atoms with Crippen molar-refractivity contribution >= 4 is 11.4 Å². The lowest BCUT2D eigenvalue weighted by atomic mass is 10.1. The summed E-state index contributed by atoms with van der Waals surface area (Å²) in [5.74, 6) is 0. The Labute approximate surface area is 140 Å². The zero-order valence-electron chi connectivity index (χ0n) is 14.4. The normalized spacial score (nSPS) is 9.74. The number of benzene rings is 3. The van der Waals surface area contributed by atoms with Crippen molar-refractivity contribution in [1.82, 2.24) is 0 Å². The molecule has 3 aromatic carbocycles. The Morgan fingerprint density at radius 1 is 0.478 bits per heavy atom. The molecule has 0 saturated heterocycles. The molecule has 1 heteroatoms. The summed E-state index contributed by atoms with van der Waals surface area (Å²) in [4.78, 5) is 0. The molecule has 0 unspecified atom stereocenters. The average Bonchev–Trinajstić information content (AvgIpc) is 2.57. The molecule has 0 heterocycles. The first-order chi connectivity index (χ1) is 11.1. The lowest BCUT2D eigenvalue weighted by molar-refractivity contribution is 1.32. The van der Waals surface area contributed by atoms with Crippen molar-refractivity contribution in [3.05, 3.63) is 95.1 Å². The van der Waals surface area contributed by atoms with Gasteiger partial charge in [-0.15, -0.1) is 0 Å². The van der Waals surface area contributed by atoms with Crippen molar-refractivity contribution in [2.45, 2.75) is 27.7 Å². The third kappa shape index (κ3) is 5.30. The van der Waals surface area contributed by atoms with Crippen molar-refractivity contribution in [3.8, 4) is 0 Å². The van der Waals surface area contributed by atoms with Crippen molar-refractivity contribution in [2.24, 2.45) is 0 Å². The summed E-state index contributed by atoms with van der Waals surface area (Å²) in [6.07, 6.45) is 0. The second kappa shape index (κ2) is 8.19. The Morgan fingerprint density at radius 3 is 1.13 bits per heavy atom. The standard InChI is InChI=1S/C16H19N.C6H6/c1-11-5-7-15(9-13(11)3)17-16-8-6-12(2)14(4)10-16;1-2-4-6-5-3-1/h5-10,17H,1-4H3;1-6H. The molecule has 1 N–H and O–H groups in total. The van der Waals surface area contributed by atoms with Crippen LogP contribution in [0.4, 0.5) is 11.4 Å². The maximum absolute atomic E-state index is 3.44. The van der Waals surface area contributed by atoms with E-state index >= 15 is 0 Å². The monoisotopic (exact) mass is 303 g/mol. The smallest absolute Gasteiger partial charge is 0.0387 e. The summed E-state index contributed by atoms with van der Waals surface area (Å²) >= 11 is 0. The number of nitrogens with one attached hydrogen (secondary N) is 1. The van der Waals surface area contributed by atoms with Gasteiger partial charge in [0, 0.05) is 11.4 Å². The van der Waals surface area contributed by atoms with Crippen LogP contribution in [-0.4, -0.2) is 0 Å². The van der Waals surface area contributed by atoms with Gasteiger partial charge in [0.2, 0.25) is 0 Å². The summed E-state index contributed by atoms with van der Waals surface area (Å²) in [5, 5.41) is 3.44. The van der Waals surface area contributed by atoms with Crippen LogP contribution in [0.25, 0.3) is 0 Å². The summed E-state index contributed by atoms with van der Waals surface area (Å²) < 4.78 is 0. The van der Waals surface area contributed by atoms with Crippen LogP contribution in [0.1, 0.15) is 22.3 Å². The van der Waals surface area contributed by atoms with E-state index in [1.54, 1.807) is 0 Å².